The summed E-state index contributed by atoms with van der Waals surface area (Å²) in [7, 11) is 0. The summed E-state index contributed by atoms with van der Waals surface area (Å²) >= 11 is 1.62. The summed E-state index contributed by atoms with van der Waals surface area (Å²) in [5, 5.41) is 6.05. The Balaban J connectivity index is 1.52. The van der Waals surface area contributed by atoms with E-state index in [0.717, 1.165) is 60.5 Å². The van der Waals surface area contributed by atoms with Crippen LogP contribution in [0.15, 0.2) is 36.1 Å². The summed E-state index contributed by atoms with van der Waals surface area (Å²) in [6.07, 6.45) is 7.89. The summed E-state index contributed by atoms with van der Waals surface area (Å²) < 4.78 is 2.14. The van der Waals surface area contributed by atoms with Crippen LogP contribution >= 0.6 is 11.3 Å². The number of rotatable bonds is 4. The van der Waals surface area contributed by atoms with Gasteiger partial charge in [0, 0.05) is 30.4 Å². The summed E-state index contributed by atoms with van der Waals surface area (Å²) in [4.78, 5) is 23.7. The zero-order valence-electron chi connectivity index (χ0n) is 14.9. The second kappa shape index (κ2) is 7.45. The first-order valence-corrected chi connectivity index (χ1v) is 10.1. The zero-order valence-corrected chi connectivity index (χ0v) is 15.7. The molecular formula is C19H23N5OS. The number of thiazole rings is 1. The van der Waals surface area contributed by atoms with Gasteiger partial charge in [0.05, 0.1) is 23.4 Å². The van der Waals surface area contributed by atoms with Gasteiger partial charge in [0.2, 0.25) is 0 Å². The predicted molar refractivity (Wildman–Crippen MR) is 104 cm³/mol. The van der Waals surface area contributed by atoms with Crippen LogP contribution in [0.3, 0.4) is 0 Å². The van der Waals surface area contributed by atoms with Crippen molar-refractivity contribution in [2.45, 2.75) is 45.2 Å². The first kappa shape index (κ1) is 17.0. The van der Waals surface area contributed by atoms with E-state index in [2.05, 4.69) is 26.8 Å². The highest BCUT2D eigenvalue weighted by molar-refractivity contribution is 7.09. The predicted octanol–water partition coefficient (Wildman–Crippen LogP) is 4.66. The van der Waals surface area contributed by atoms with Crippen molar-refractivity contribution in [1.29, 1.82) is 0 Å². The van der Waals surface area contributed by atoms with Crippen molar-refractivity contribution in [3.05, 3.63) is 41.1 Å². The van der Waals surface area contributed by atoms with Crippen molar-refractivity contribution >= 4 is 34.1 Å². The molecule has 1 unspecified atom stereocenters. The van der Waals surface area contributed by atoms with Crippen LogP contribution in [0.2, 0.25) is 0 Å². The van der Waals surface area contributed by atoms with E-state index in [1.807, 2.05) is 41.0 Å². The van der Waals surface area contributed by atoms with Crippen LogP contribution in [-0.4, -0.2) is 32.0 Å². The number of urea groups is 1. The van der Waals surface area contributed by atoms with Gasteiger partial charge in [0.25, 0.3) is 0 Å². The number of nitrogens with one attached hydrogen (secondary N) is 1. The van der Waals surface area contributed by atoms with Crippen LogP contribution in [0, 0.1) is 0 Å². The van der Waals surface area contributed by atoms with Crippen LogP contribution in [0.5, 0.6) is 0 Å². The van der Waals surface area contributed by atoms with Crippen molar-refractivity contribution < 1.29 is 4.79 Å². The molecule has 7 heteroatoms. The molecule has 3 aromatic rings. The molecule has 26 heavy (non-hydrogen) atoms. The highest BCUT2D eigenvalue weighted by Gasteiger charge is 2.29. The number of aromatic nitrogens is 3. The molecule has 1 N–H and O–H groups in total. The van der Waals surface area contributed by atoms with E-state index >= 15 is 0 Å². The fraction of sp³-hybridized carbons (Fsp3) is 0.421. The lowest BCUT2D eigenvalue weighted by Crippen LogP contribution is -2.41. The van der Waals surface area contributed by atoms with E-state index in [-0.39, 0.29) is 12.1 Å². The van der Waals surface area contributed by atoms with Gasteiger partial charge in [-0.1, -0.05) is 6.92 Å². The Morgan fingerprint density at radius 3 is 3.08 bits per heavy atom. The van der Waals surface area contributed by atoms with Crippen molar-refractivity contribution in [2.24, 2.45) is 0 Å². The van der Waals surface area contributed by atoms with Gasteiger partial charge < -0.3 is 14.8 Å². The molecule has 6 nitrogen and oxygen atoms in total. The Morgan fingerprint density at radius 2 is 2.27 bits per heavy atom. The lowest BCUT2D eigenvalue weighted by atomic mass is 10.0. The van der Waals surface area contributed by atoms with Crippen molar-refractivity contribution in [1.82, 2.24) is 19.4 Å². The fourth-order valence-corrected chi connectivity index (χ4v) is 4.37. The third-order valence-electron chi connectivity index (χ3n) is 4.84. The SMILES string of the molecule is CCCn1cnc2cc(NC(=O)N3CCCCC3c3nccs3)ccc21. The number of hydrogen-bond donors (Lipinski definition) is 1. The first-order chi connectivity index (χ1) is 12.8. The molecule has 0 spiro atoms. The average Bonchev–Trinajstić information content (AvgIpc) is 3.32. The van der Waals surface area contributed by atoms with Crippen LogP contribution in [0.1, 0.15) is 43.7 Å². The Kier molecular flexibility index (Phi) is 4.88. The number of hydrogen-bond acceptors (Lipinski definition) is 4. The molecule has 2 amide bonds. The van der Waals surface area contributed by atoms with Crippen LogP contribution in [-0.2, 0) is 6.54 Å². The minimum atomic E-state index is -0.0581. The number of nitrogens with zero attached hydrogens (tertiary/aromatic N) is 4. The molecule has 1 aliphatic rings. The monoisotopic (exact) mass is 369 g/mol. The van der Waals surface area contributed by atoms with E-state index in [4.69, 9.17) is 0 Å². The number of likely N-dealkylation sites (tertiary alicyclic amines) is 1. The Labute approximate surface area is 156 Å². The van der Waals surface area contributed by atoms with Crippen molar-refractivity contribution in [3.8, 4) is 0 Å². The van der Waals surface area contributed by atoms with E-state index in [9.17, 15) is 4.79 Å². The lowest BCUT2D eigenvalue weighted by molar-refractivity contribution is 0.163. The number of fused-ring (bicyclic) bond motifs is 1. The maximum Gasteiger partial charge on any atom is 0.322 e. The van der Waals surface area contributed by atoms with Gasteiger partial charge in [-0.3, -0.25) is 0 Å². The van der Waals surface area contributed by atoms with Crippen molar-refractivity contribution in [2.75, 3.05) is 11.9 Å². The number of amides is 2. The summed E-state index contributed by atoms with van der Waals surface area (Å²) in [5.41, 5.74) is 2.79. The molecule has 2 aromatic heterocycles. The molecule has 1 aromatic carbocycles. The number of anilines is 1. The number of aryl methyl sites for hydroxylation is 1. The summed E-state index contributed by atoms with van der Waals surface area (Å²) in [6, 6.07) is 5.95. The van der Waals surface area contributed by atoms with Gasteiger partial charge in [0.15, 0.2) is 0 Å². The average molecular weight is 369 g/mol. The van der Waals surface area contributed by atoms with Crippen LogP contribution in [0.25, 0.3) is 11.0 Å². The van der Waals surface area contributed by atoms with E-state index in [1.54, 1.807) is 11.3 Å². The normalized spacial score (nSPS) is 17.6. The van der Waals surface area contributed by atoms with Gasteiger partial charge in [-0.25, -0.2) is 14.8 Å². The molecule has 1 aliphatic heterocycles. The number of carbonyl (C=O) groups excluding carboxylic acids is 1. The molecule has 0 aliphatic carbocycles. The Bertz CT molecular complexity index is 889. The highest BCUT2D eigenvalue weighted by Crippen LogP contribution is 2.32. The second-order valence-corrected chi connectivity index (χ2v) is 7.57. The number of piperidine rings is 1. The largest absolute Gasteiger partial charge is 0.331 e. The van der Waals surface area contributed by atoms with Crippen molar-refractivity contribution in [3.63, 3.8) is 0 Å². The number of carbonyl (C=O) groups is 1. The molecule has 1 saturated heterocycles. The first-order valence-electron chi connectivity index (χ1n) is 9.18. The summed E-state index contributed by atoms with van der Waals surface area (Å²) in [6.45, 7) is 3.87. The Hall–Kier alpha value is -2.41. The van der Waals surface area contributed by atoms with Gasteiger partial charge in [-0.15, -0.1) is 11.3 Å². The summed E-state index contributed by atoms with van der Waals surface area (Å²) in [5.74, 6) is 0. The number of benzene rings is 1. The third kappa shape index (κ3) is 3.31. The second-order valence-electron chi connectivity index (χ2n) is 6.65. The fourth-order valence-electron chi connectivity index (χ4n) is 3.59. The zero-order chi connectivity index (χ0) is 17.9. The molecule has 0 radical (unpaired) electrons. The van der Waals surface area contributed by atoms with Crippen LogP contribution < -0.4 is 5.32 Å². The minimum absolute atomic E-state index is 0.0581. The molecule has 136 valence electrons. The van der Waals surface area contributed by atoms with Gasteiger partial charge in [-0.05, 0) is 43.9 Å². The highest BCUT2D eigenvalue weighted by atomic mass is 32.1. The van der Waals surface area contributed by atoms with E-state index in [1.165, 1.54) is 0 Å². The topological polar surface area (TPSA) is 63.1 Å². The molecule has 0 saturated carbocycles. The molecule has 1 atom stereocenters. The number of imidazole rings is 1. The standard InChI is InChI=1S/C19H23N5OS/c1-2-9-23-13-21-15-12-14(6-7-16(15)23)22-19(25)24-10-4-3-5-17(24)18-20-8-11-26-18/h6-8,11-13,17H,2-5,9-10H2,1H3,(H,22,25). The molecule has 3 heterocycles. The van der Waals surface area contributed by atoms with Gasteiger partial charge >= 0.3 is 6.03 Å². The third-order valence-corrected chi connectivity index (χ3v) is 5.71. The molecular weight excluding hydrogens is 346 g/mol. The Morgan fingerprint density at radius 1 is 1.35 bits per heavy atom. The van der Waals surface area contributed by atoms with Crippen LogP contribution in [0.4, 0.5) is 10.5 Å². The maximum absolute atomic E-state index is 12.9. The maximum atomic E-state index is 12.9. The van der Waals surface area contributed by atoms with Gasteiger partial charge in [0.1, 0.15) is 5.01 Å². The van der Waals surface area contributed by atoms with Gasteiger partial charge in [-0.2, -0.15) is 0 Å². The molecule has 0 bridgehead atoms. The van der Waals surface area contributed by atoms with E-state index < -0.39 is 0 Å². The lowest BCUT2D eigenvalue weighted by Gasteiger charge is -2.34. The smallest absolute Gasteiger partial charge is 0.322 e. The minimum Gasteiger partial charge on any atom is -0.331 e. The van der Waals surface area contributed by atoms with E-state index in [0.29, 0.717) is 0 Å². The molecule has 1 fully saturated rings. The molecule has 4 rings (SSSR count). The quantitative estimate of drug-likeness (QED) is 0.727.